The van der Waals surface area contributed by atoms with Crippen molar-refractivity contribution in [1.82, 2.24) is 5.32 Å². The normalized spacial score (nSPS) is 10.2. The summed E-state index contributed by atoms with van der Waals surface area (Å²) < 4.78 is 5.14. The van der Waals surface area contributed by atoms with E-state index < -0.39 is 10.8 Å². The number of nitro groups is 1. The minimum atomic E-state index is -0.609. The van der Waals surface area contributed by atoms with Gasteiger partial charge in [-0.15, -0.1) is 0 Å². The molecule has 0 aliphatic carbocycles. The third-order valence-electron chi connectivity index (χ3n) is 3.48. The molecular formula is C17H15Cl2N3O5. The standard InChI is InChI=1S/C17H15Cl2N3O5/c1-27-15-5-2-10(18)8-14(15)21-16(23)6-7-20-17(24)12-4-3-11(22(25)26)9-13(12)19/h2-5,8-9H,6-7H2,1H3,(H,20,24)(H,21,23). The Hall–Kier alpha value is -2.84. The number of nitrogens with zero attached hydrogens (tertiary/aromatic N) is 1. The third-order valence-corrected chi connectivity index (χ3v) is 4.03. The van der Waals surface area contributed by atoms with Gasteiger partial charge in [0.25, 0.3) is 11.6 Å². The predicted molar refractivity (Wildman–Crippen MR) is 102 cm³/mol. The monoisotopic (exact) mass is 411 g/mol. The fourth-order valence-electron chi connectivity index (χ4n) is 2.18. The Balaban J connectivity index is 1.90. The molecule has 0 atom stereocenters. The summed E-state index contributed by atoms with van der Waals surface area (Å²) in [6.45, 7) is 0.0425. The number of anilines is 1. The number of halogens is 2. The molecule has 0 fully saturated rings. The van der Waals surface area contributed by atoms with Crippen LogP contribution in [0.4, 0.5) is 11.4 Å². The summed E-state index contributed by atoms with van der Waals surface area (Å²) >= 11 is 11.8. The molecular weight excluding hydrogens is 397 g/mol. The summed E-state index contributed by atoms with van der Waals surface area (Å²) in [6, 6.07) is 8.33. The lowest BCUT2D eigenvalue weighted by molar-refractivity contribution is -0.384. The van der Waals surface area contributed by atoms with Crippen molar-refractivity contribution < 1.29 is 19.2 Å². The first kappa shape index (κ1) is 20.5. The summed E-state index contributed by atoms with van der Waals surface area (Å²) in [7, 11) is 1.47. The van der Waals surface area contributed by atoms with E-state index >= 15 is 0 Å². The molecule has 10 heteroatoms. The first-order valence-corrected chi connectivity index (χ1v) is 8.43. The SMILES string of the molecule is COc1ccc(Cl)cc1NC(=O)CCNC(=O)c1ccc([N+](=O)[O-])cc1Cl. The van der Waals surface area contributed by atoms with E-state index in [-0.39, 0.29) is 35.1 Å². The molecule has 0 aromatic heterocycles. The number of hydrogen-bond donors (Lipinski definition) is 2. The van der Waals surface area contributed by atoms with Crippen molar-refractivity contribution in [1.29, 1.82) is 0 Å². The zero-order chi connectivity index (χ0) is 20.0. The Bertz CT molecular complexity index is 889. The maximum atomic E-state index is 12.1. The lowest BCUT2D eigenvalue weighted by Gasteiger charge is -2.11. The maximum absolute atomic E-state index is 12.1. The van der Waals surface area contributed by atoms with Gasteiger partial charge in [0, 0.05) is 30.1 Å². The van der Waals surface area contributed by atoms with E-state index in [9.17, 15) is 19.7 Å². The first-order valence-electron chi connectivity index (χ1n) is 7.67. The highest BCUT2D eigenvalue weighted by molar-refractivity contribution is 6.34. The van der Waals surface area contributed by atoms with Gasteiger partial charge in [0.15, 0.2) is 0 Å². The van der Waals surface area contributed by atoms with Gasteiger partial charge >= 0.3 is 0 Å². The van der Waals surface area contributed by atoms with Crippen molar-refractivity contribution in [2.75, 3.05) is 19.0 Å². The van der Waals surface area contributed by atoms with E-state index in [0.717, 1.165) is 6.07 Å². The zero-order valence-electron chi connectivity index (χ0n) is 14.1. The molecule has 0 aliphatic rings. The van der Waals surface area contributed by atoms with Crippen LogP contribution in [0.2, 0.25) is 10.0 Å². The number of amides is 2. The van der Waals surface area contributed by atoms with E-state index in [0.29, 0.717) is 16.5 Å². The van der Waals surface area contributed by atoms with Crippen LogP contribution in [0.3, 0.4) is 0 Å². The molecule has 0 saturated heterocycles. The molecule has 2 amide bonds. The summed E-state index contributed by atoms with van der Waals surface area (Å²) in [5, 5.41) is 16.3. The minimum Gasteiger partial charge on any atom is -0.495 e. The van der Waals surface area contributed by atoms with Crippen LogP contribution in [0.25, 0.3) is 0 Å². The van der Waals surface area contributed by atoms with Crippen LogP contribution < -0.4 is 15.4 Å². The third kappa shape index (κ3) is 5.57. The molecule has 2 aromatic rings. The smallest absolute Gasteiger partial charge is 0.270 e. The van der Waals surface area contributed by atoms with Crippen LogP contribution >= 0.6 is 23.2 Å². The topological polar surface area (TPSA) is 111 Å². The van der Waals surface area contributed by atoms with Gasteiger partial charge in [-0.3, -0.25) is 19.7 Å². The van der Waals surface area contributed by atoms with Gasteiger partial charge in [-0.05, 0) is 24.3 Å². The average Bonchev–Trinajstić information content (AvgIpc) is 2.61. The zero-order valence-corrected chi connectivity index (χ0v) is 15.6. The largest absolute Gasteiger partial charge is 0.495 e. The number of methoxy groups -OCH3 is 1. The predicted octanol–water partition coefficient (Wildman–Crippen LogP) is 3.67. The van der Waals surface area contributed by atoms with Crippen molar-refractivity contribution in [3.8, 4) is 5.75 Å². The Morgan fingerprint density at radius 2 is 1.93 bits per heavy atom. The molecule has 2 rings (SSSR count). The van der Waals surface area contributed by atoms with Crippen molar-refractivity contribution in [2.45, 2.75) is 6.42 Å². The van der Waals surface area contributed by atoms with Gasteiger partial charge < -0.3 is 15.4 Å². The second kappa shape index (κ2) is 9.20. The number of benzene rings is 2. The fourth-order valence-corrected chi connectivity index (χ4v) is 2.61. The highest BCUT2D eigenvalue weighted by Crippen LogP contribution is 2.27. The number of carbonyl (C=O) groups is 2. The molecule has 2 aromatic carbocycles. The summed E-state index contributed by atoms with van der Waals surface area (Å²) in [5.74, 6) is -0.442. The van der Waals surface area contributed by atoms with E-state index in [1.807, 2.05) is 0 Å². The van der Waals surface area contributed by atoms with Crippen LogP contribution in [0, 0.1) is 10.1 Å². The van der Waals surface area contributed by atoms with E-state index in [2.05, 4.69) is 10.6 Å². The van der Waals surface area contributed by atoms with Gasteiger partial charge in [0.05, 0.1) is 28.3 Å². The van der Waals surface area contributed by atoms with Crippen LogP contribution in [-0.4, -0.2) is 30.4 Å². The number of non-ortho nitro benzene ring substituents is 1. The maximum Gasteiger partial charge on any atom is 0.270 e. The van der Waals surface area contributed by atoms with Crippen molar-refractivity contribution in [3.63, 3.8) is 0 Å². The van der Waals surface area contributed by atoms with Crippen molar-refractivity contribution >= 4 is 46.4 Å². The molecule has 0 bridgehead atoms. The Labute approximate surface area is 164 Å². The van der Waals surface area contributed by atoms with Gasteiger partial charge in [-0.2, -0.15) is 0 Å². The lowest BCUT2D eigenvalue weighted by atomic mass is 10.2. The average molecular weight is 412 g/mol. The molecule has 0 heterocycles. The number of nitro benzene ring substituents is 1. The summed E-state index contributed by atoms with van der Waals surface area (Å²) in [6.07, 6.45) is -0.00793. The highest BCUT2D eigenvalue weighted by Gasteiger charge is 2.15. The molecule has 0 spiro atoms. The second-order valence-corrected chi connectivity index (χ2v) is 6.16. The van der Waals surface area contributed by atoms with Gasteiger partial charge in [0.2, 0.25) is 5.91 Å². The summed E-state index contributed by atoms with van der Waals surface area (Å²) in [5.41, 5.74) is 0.283. The summed E-state index contributed by atoms with van der Waals surface area (Å²) in [4.78, 5) is 34.2. The Morgan fingerprint density at radius 3 is 2.56 bits per heavy atom. The number of carbonyl (C=O) groups excluding carboxylic acids is 2. The minimum absolute atomic E-state index is 0.00793. The first-order chi connectivity index (χ1) is 12.8. The van der Waals surface area contributed by atoms with Gasteiger partial charge in [-0.1, -0.05) is 23.2 Å². The van der Waals surface area contributed by atoms with E-state index in [1.165, 1.54) is 19.2 Å². The van der Waals surface area contributed by atoms with Crippen LogP contribution in [0.5, 0.6) is 5.75 Å². The molecule has 8 nitrogen and oxygen atoms in total. The Morgan fingerprint density at radius 1 is 1.19 bits per heavy atom. The number of hydrogen-bond acceptors (Lipinski definition) is 5. The molecule has 0 radical (unpaired) electrons. The molecule has 0 aliphatic heterocycles. The van der Waals surface area contributed by atoms with Crippen LogP contribution in [-0.2, 0) is 4.79 Å². The molecule has 0 saturated carbocycles. The van der Waals surface area contributed by atoms with Gasteiger partial charge in [0.1, 0.15) is 5.75 Å². The van der Waals surface area contributed by atoms with E-state index in [4.69, 9.17) is 27.9 Å². The Kier molecular flexibility index (Phi) is 6.98. The molecule has 2 N–H and O–H groups in total. The number of ether oxygens (including phenoxy) is 1. The van der Waals surface area contributed by atoms with Crippen LogP contribution in [0.15, 0.2) is 36.4 Å². The van der Waals surface area contributed by atoms with Crippen molar-refractivity contribution in [2.24, 2.45) is 0 Å². The van der Waals surface area contributed by atoms with Gasteiger partial charge in [-0.25, -0.2) is 0 Å². The quantitative estimate of drug-likeness (QED) is 0.533. The lowest BCUT2D eigenvalue weighted by Crippen LogP contribution is -2.28. The molecule has 142 valence electrons. The second-order valence-electron chi connectivity index (χ2n) is 5.32. The van der Waals surface area contributed by atoms with E-state index in [1.54, 1.807) is 18.2 Å². The molecule has 27 heavy (non-hydrogen) atoms. The van der Waals surface area contributed by atoms with Crippen molar-refractivity contribution in [3.05, 3.63) is 62.1 Å². The number of rotatable bonds is 7. The fraction of sp³-hybridized carbons (Fsp3) is 0.176. The molecule has 0 unspecified atom stereocenters. The van der Waals surface area contributed by atoms with Crippen LogP contribution in [0.1, 0.15) is 16.8 Å². The number of nitrogens with one attached hydrogen (secondary N) is 2. The highest BCUT2D eigenvalue weighted by atomic mass is 35.5.